The first kappa shape index (κ1) is 17.2. The monoisotopic (exact) mass is 395 g/mol. The second kappa shape index (κ2) is 6.48. The summed E-state index contributed by atoms with van der Waals surface area (Å²) >= 11 is 12.6. The molecule has 0 atom stereocenters. The summed E-state index contributed by atoms with van der Waals surface area (Å²) in [5.74, 6) is 1.68. The number of halogens is 2. The number of hydrogen-bond acceptors (Lipinski definition) is 5. The van der Waals surface area contributed by atoms with Crippen molar-refractivity contribution < 1.29 is 9.53 Å². The Morgan fingerprint density at radius 1 is 1.35 bits per heavy atom. The lowest BCUT2D eigenvalue weighted by Crippen LogP contribution is -2.50. The third kappa shape index (κ3) is 2.54. The number of nitrogens with zero attached hydrogens (tertiary/aromatic N) is 5. The third-order valence-corrected chi connectivity index (χ3v) is 5.12. The van der Waals surface area contributed by atoms with E-state index in [0.29, 0.717) is 54.4 Å². The summed E-state index contributed by atoms with van der Waals surface area (Å²) in [4.78, 5) is 25.5. The normalized spacial score (nSPS) is 15.8. The van der Waals surface area contributed by atoms with Crippen LogP contribution in [-0.4, -0.2) is 53.1 Å². The molecule has 0 spiro atoms. The van der Waals surface area contributed by atoms with Gasteiger partial charge in [-0.15, -0.1) is 0 Å². The summed E-state index contributed by atoms with van der Waals surface area (Å²) in [7, 11) is 1.57. The van der Waals surface area contributed by atoms with Gasteiger partial charge in [0, 0.05) is 13.1 Å². The Hall–Kier alpha value is -2.25. The van der Waals surface area contributed by atoms with Crippen LogP contribution in [0.4, 0.5) is 5.82 Å². The molecule has 0 saturated carbocycles. The first-order valence-electron chi connectivity index (χ1n) is 8.27. The van der Waals surface area contributed by atoms with E-state index >= 15 is 0 Å². The molecule has 0 radical (unpaired) electrons. The number of ether oxygens (including phenoxy) is 1. The molecule has 9 heteroatoms. The molecular weight excluding hydrogens is 379 g/mol. The van der Waals surface area contributed by atoms with Crippen molar-refractivity contribution in [3.63, 3.8) is 0 Å². The molecule has 0 N–H and O–H groups in total. The van der Waals surface area contributed by atoms with Crippen LogP contribution >= 0.6 is 23.2 Å². The number of imidazole rings is 1. The zero-order valence-corrected chi connectivity index (χ0v) is 15.9. The zero-order valence-electron chi connectivity index (χ0n) is 14.4. The van der Waals surface area contributed by atoms with Gasteiger partial charge < -0.3 is 9.30 Å². The smallest absolute Gasteiger partial charge is 0.281 e. The number of carbonyl (C=O) groups is 1. The molecule has 3 heterocycles. The Balaban J connectivity index is 1.77. The van der Waals surface area contributed by atoms with Gasteiger partial charge in [-0.05, 0) is 36.2 Å². The molecule has 2 aliphatic heterocycles. The minimum atomic E-state index is -0.140. The van der Waals surface area contributed by atoms with E-state index in [4.69, 9.17) is 27.9 Å². The number of carbonyl (C=O) groups excluding carboxylic acids is 1. The zero-order chi connectivity index (χ0) is 18.4. The van der Waals surface area contributed by atoms with E-state index in [1.165, 1.54) is 0 Å². The summed E-state index contributed by atoms with van der Waals surface area (Å²) in [5, 5.41) is 0.769. The van der Waals surface area contributed by atoms with Gasteiger partial charge in [0.05, 0.1) is 25.2 Å². The van der Waals surface area contributed by atoms with Gasteiger partial charge in [-0.3, -0.25) is 19.6 Å². The molecule has 1 aromatic heterocycles. The van der Waals surface area contributed by atoms with Gasteiger partial charge in [-0.25, -0.2) is 0 Å². The lowest BCUT2D eigenvalue weighted by atomic mass is 10.2. The fourth-order valence-electron chi connectivity index (χ4n) is 3.32. The van der Waals surface area contributed by atoms with Crippen molar-refractivity contribution in [3.05, 3.63) is 39.8 Å². The third-order valence-electron chi connectivity index (χ3n) is 4.54. The maximum atomic E-state index is 13.0. The Morgan fingerprint density at radius 3 is 2.85 bits per heavy atom. The van der Waals surface area contributed by atoms with Crippen molar-refractivity contribution in [1.82, 2.24) is 14.5 Å². The van der Waals surface area contributed by atoms with Crippen molar-refractivity contribution in [2.45, 2.75) is 13.5 Å². The van der Waals surface area contributed by atoms with Crippen LogP contribution in [0.5, 0.6) is 5.75 Å². The van der Waals surface area contributed by atoms with Gasteiger partial charge in [0.15, 0.2) is 11.5 Å². The van der Waals surface area contributed by atoms with Crippen LogP contribution in [0.1, 0.15) is 23.0 Å². The van der Waals surface area contributed by atoms with Gasteiger partial charge in [-0.2, -0.15) is 4.98 Å². The second-order valence-corrected chi connectivity index (χ2v) is 6.74. The highest BCUT2D eigenvalue weighted by molar-refractivity contribution is 6.32. The summed E-state index contributed by atoms with van der Waals surface area (Å²) < 4.78 is 6.90. The first-order valence-corrected chi connectivity index (χ1v) is 9.03. The van der Waals surface area contributed by atoms with Crippen LogP contribution in [0.2, 0.25) is 10.3 Å². The van der Waals surface area contributed by atoms with E-state index in [1.807, 2.05) is 17.9 Å². The molecule has 136 valence electrons. The first-order chi connectivity index (χ1) is 12.5. The maximum absolute atomic E-state index is 13.0. The summed E-state index contributed by atoms with van der Waals surface area (Å²) in [6, 6.07) is 5.48. The van der Waals surface area contributed by atoms with E-state index in [9.17, 15) is 4.79 Å². The number of hydrogen-bond donors (Lipinski definition) is 0. The lowest BCUT2D eigenvalue weighted by molar-refractivity contribution is 0.0836. The lowest BCUT2D eigenvalue weighted by Gasteiger charge is -2.32. The molecule has 1 aromatic carbocycles. The van der Waals surface area contributed by atoms with E-state index < -0.39 is 0 Å². The van der Waals surface area contributed by atoms with Crippen LogP contribution in [0.15, 0.2) is 23.2 Å². The van der Waals surface area contributed by atoms with Gasteiger partial charge in [-0.1, -0.05) is 17.7 Å². The Morgan fingerprint density at radius 2 is 2.15 bits per heavy atom. The molecular formula is C17H17Cl2N5O2. The summed E-state index contributed by atoms with van der Waals surface area (Å²) in [6.07, 6.45) is 0. The van der Waals surface area contributed by atoms with Crippen LogP contribution in [0.3, 0.4) is 0 Å². The van der Waals surface area contributed by atoms with Crippen molar-refractivity contribution in [3.8, 4) is 5.75 Å². The number of anilines is 1. The van der Waals surface area contributed by atoms with Gasteiger partial charge in [0.25, 0.3) is 5.91 Å². The van der Waals surface area contributed by atoms with Crippen LogP contribution in [0, 0.1) is 0 Å². The molecule has 0 bridgehead atoms. The number of rotatable bonds is 4. The molecule has 1 amide bonds. The quantitative estimate of drug-likeness (QED) is 0.798. The highest BCUT2D eigenvalue weighted by atomic mass is 35.5. The molecule has 2 aromatic rings. The summed E-state index contributed by atoms with van der Waals surface area (Å²) in [6.45, 7) is 4.16. The van der Waals surface area contributed by atoms with Crippen LogP contribution in [0.25, 0.3) is 0 Å². The van der Waals surface area contributed by atoms with Gasteiger partial charge >= 0.3 is 0 Å². The van der Waals surface area contributed by atoms with Crippen molar-refractivity contribution in [2.24, 2.45) is 4.99 Å². The fraction of sp³-hybridized carbons (Fsp3) is 0.353. The SMILES string of the molecule is CCN1C(=O)c2[14c](nc(Cl)n2Cc2ccc(OC)c(Cl)c2)N2CCN=C12. The molecule has 0 saturated heterocycles. The van der Waals surface area contributed by atoms with Crippen LogP contribution < -0.4 is 9.64 Å². The molecule has 26 heavy (non-hydrogen) atoms. The standard InChI is InChI=1S/C17H17Cl2N5O2/c1-3-22-15(25)13-14(23-7-6-20-17(22)23)21-16(19)24(13)9-10-4-5-12(26-2)11(18)8-10/h4-5,8H,3,6-7,9H2,1-2H3/i14+2. The molecule has 4 rings (SSSR count). The van der Waals surface area contributed by atoms with E-state index in [-0.39, 0.29) is 11.2 Å². The number of benzene rings is 1. The number of amides is 1. The number of aromatic nitrogens is 2. The molecule has 2 aliphatic rings. The number of methoxy groups -OCH3 is 1. The second-order valence-electron chi connectivity index (χ2n) is 5.99. The average Bonchev–Trinajstić information content (AvgIpc) is 3.21. The predicted octanol–water partition coefficient (Wildman–Crippen LogP) is 2.90. The van der Waals surface area contributed by atoms with E-state index in [2.05, 4.69) is 9.98 Å². The maximum Gasteiger partial charge on any atom is 0.281 e. The van der Waals surface area contributed by atoms with E-state index in [1.54, 1.807) is 28.7 Å². The molecule has 0 unspecified atom stereocenters. The minimum absolute atomic E-state index is 0.140. The van der Waals surface area contributed by atoms with Gasteiger partial charge in [0.1, 0.15) is 5.75 Å². The average molecular weight is 396 g/mol. The Bertz CT molecular complexity index is 924. The van der Waals surface area contributed by atoms with Gasteiger partial charge in [0.2, 0.25) is 11.2 Å². The minimum Gasteiger partial charge on any atom is -0.495 e. The topological polar surface area (TPSA) is 63.0 Å². The van der Waals surface area contributed by atoms with Crippen molar-refractivity contribution in [2.75, 3.05) is 31.6 Å². The largest absolute Gasteiger partial charge is 0.495 e. The predicted molar refractivity (Wildman–Crippen MR) is 101 cm³/mol. The van der Waals surface area contributed by atoms with E-state index in [0.717, 1.165) is 5.56 Å². The van der Waals surface area contributed by atoms with Crippen molar-refractivity contribution >= 4 is 40.9 Å². The molecule has 7 nitrogen and oxygen atoms in total. The summed E-state index contributed by atoms with van der Waals surface area (Å²) in [5.41, 5.74) is 1.37. The Labute approximate surface area is 160 Å². The van der Waals surface area contributed by atoms with Crippen LogP contribution in [-0.2, 0) is 6.54 Å². The number of guanidine groups is 1. The highest BCUT2D eigenvalue weighted by Gasteiger charge is 2.40. The molecule has 0 fully saturated rings. The number of fused-ring (bicyclic) bond motifs is 3. The number of aliphatic imine (C=N–C) groups is 1. The highest BCUT2D eigenvalue weighted by Crippen LogP contribution is 2.33. The molecule has 0 aliphatic carbocycles. The fourth-order valence-corrected chi connectivity index (χ4v) is 3.82. The van der Waals surface area contributed by atoms with Crippen molar-refractivity contribution in [1.29, 1.82) is 0 Å². The Kier molecular flexibility index (Phi) is 4.28.